The molecule has 0 aromatic rings. The molecule has 19 heteroatoms. The first-order chi connectivity index (χ1) is 30.6. The summed E-state index contributed by atoms with van der Waals surface area (Å²) in [4.78, 5) is 0. The number of allylic oxidation sites excluding steroid dienone is 1. The Hall–Kier alpha value is -1.02. The van der Waals surface area contributed by atoms with Crippen molar-refractivity contribution < 1.29 is 94.8 Å². The van der Waals surface area contributed by atoms with Crippen molar-refractivity contribution in [2.24, 2.45) is 45.3 Å². The number of hydrogen-bond donors (Lipinski definition) is 13. The van der Waals surface area contributed by atoms with E-state index in [-0.39, 0.29) is 34.0 Å². The molecule has 0 spiro atoms. The predicted octanol–water partition coefficient (Wildman–Crippen LogP) is -1.45. The quantitative estimate of drug-likeness (QED) is 0.0940. The second kappa shape index (κ2) is 19.2. The van der Waals surface area contributed by atoms with Crippen LogP contribution < -0.4 is 0 Å². The van der Waals surface area contributed by atoms with E-state index in [0.29, 0.717) is 12.3 Å². The van der Waals surface area contributed by atoms with E-state index in [1.807, 2.05) is 6.92 Å². The van der Waals surface area contributed by atoms with Crippen molar-refractivity contribution in [3.05, 3.63) is 11.6 Å². The van der Waals surface area contributed by atoms with Crippen LogP contribution in [-0.2, 0) is 28.4 Å². The standard InChI is InChI=1S/C47H80O19/c1-20(29(50)34(55)39(59)44(4,5)60)21-13-14-47(8)27-11-9-22-23(45(27,6)15-16-46(21,47)7)10-12-28(43(22,2)3)65-42-37(58)33(54)38(66-41-35(56)30(51)24(49)18-61-41)26(64-42)19-62-40-36(57)32(53)31(52)25(17-48)63-40/h9,20-21,23-42,48-60H,10-19H2,1-8H3/t20-,21+,23+,24+,25+,26+,27+,28-,29-,30-,31+,32-,33+,34+,35+,36+,37+,38+,39+,40+,41-,42-,45-,46+,47-/m0/s1. The lowest BCUT2D eigenvalue weighted by atomic mass is 9.39. The first-order valence-electron chi connectivity index (χ1n) is 24.0. The molecule has 25 atom stereocenters. The minimum atomic E-state index is -1.76. The van der Waals surface area contributed by atoms with Crippen molar-refractivity contribution in [1.82, 2.24) is 0 Å². The van der Waals surface area contributed by atoms with Gasteiger partial charge in [0, 0.05) is 5.41 Å². The third kappa shape index (κ3) is 8.89. The number of ether oxygens (including phenoxy) is 6. The smallest absolute Gasteiger partial charge is 0.187 e. The topological polar surface area (TPSA) is 318 Å². The fourth-order valence-corrected chi connectivity index (χ4v) is 13.9. The zero-order chi connectivity index (χ0) is 48.8. The molecule has 6 fully saturated rings. The van der Waals surface area contributed by atoms with Gasteiger partial charge in [-0.05, 0) is 98.7 Å². The number of hydrogen-bond acceptors (Lipinski definition) is 19. The first kappa shape index (κ1) is 52.8. The van der Waals surface area contributed by atoms with E-state index in [1.165, 1.54) is 19.4 Å². The number of aliphatic hydroxyl groups excluding tert-OH is 12. The average Bonchev–Trinajstić information content (AvgIpc) is 3.54. The van der Waals surface area contributed by atoms with E-state index in [2.05, 4.69) is 40.7 Å². The van der Waals surface area contributed by atoms with E-state index < -0.39 is 141 Å². The summed E-state index contributed by atoms with van der Waals surface area (Å²) in [7, 11) is 0. The zero-order valence-electron chi connectivity index (χ0n) is 39.6. The fourth-order valence-electron chi connectivity index (χ4n) is 13.9. The summed E-state index contributed by atoms with van der Waals surface area (Å²) in [5.74, 6) is 0.252. The van der Waals surface area contributed by atoms with Crippen molar-refractivity contribution in [2.45, 2.75) is 216 Å². The van der Waals surface area contributed by atoms with Crippen LogP contribution in [0.25, 0.3) is 0 Å². The van der Waals surface area contributed by atoms with Gasteiger partial charge >= 0.3 is 0 Å². The lowest BCUT2D eigenvalue weighted by Crippen LogP contribution is -2.65. The average molecular weight is 949 g/mol. The summed E-state index contributed by atoms with van der Waals surface area (Å²) in [6.45, 7) is 14.5. The maximum absolute atomic E-state index is 11.7. The predicted molar refractivity (Wildman–Crippen MR) is 230 cm³/mol. The van der Waals surface area contributed by atoms with Crippen molar-refractivity contribution in [3.8, 4) is 0 Å². The molecule has 3 aliphatic heterocycles. The molecule has 66 heavy (non-hydrogen) atoms. The van der Waals surface area contributed by atoms with Crippen molar-refractivity contribution in [3.63, 3.8) is 0 Å². The van der Waals surface area contributed by atoms with E-state index in [1.54, 1.807) is 0 Å². The molecule has 13 N–H and O–H groups in total. The van der Waals surface area contributed by atoms with Crippen LogP contribution in [0.3, 0.4) is 0 Å². The molecule has 3 saturated carbocycles. The molecule has 0 aromatic carbocycles. The van der Waals surface area contributed by atoms with Crippen LogP contribution in [0.4, 0.5) is 0 Å². The van der Waals surface area contributed by atoms with Crippen LogP contribution in [0, 0.1) is 45.3 Å². The Kier molecular flexibility index (Phi) is 15.4. The summed E-state index contributed by atoms with van der Waals surface area (Å²) in [6, 6.07) is 0. The lowest BCUT2D eigenvalue weighted by molar-refractivity contribution is -0.366. The van der Waals surface area contributed by atoms with Gasteiger partial charge in [-0.25, -0.2) is 0 Å². The molecular formula is C47H80O19. The molecule has 0 aromatic heterocycles. The van der Waals surface area contributed by atoms with Crippen LogP contribution in [-0.4, -0.2) is 202 Å². The van der Waals surface area contributed by atoms with Gasteiger partial charge in [0.05, 0.1) is 37.6 Å². The number of aliphatic hydroxyl groups is 13. The van der Waals surface area contributed by atoms with Crippen molar-refractivity contribution in [2.75, 3.05) is 19.8 Å². The molecule has 0 radical (unpaired) electrons. The molecule has 3 heterocycles. The summed E-state index contributed by atoms with van der Waals surface area (Å²) < 4.78 is 35.7. The highest BCUT2D eigenvalue weighted by Crippen LogP contribution is 2.75. The molecule has 0 bridgehead atoms. The Balaban J connectivity index is 1.08. The summed E-state index contributed by atoms with van der Waals surface area (Å²) in [5, 5.41) is 139. The Morgan fingerprint density at radius 1 is 0.712 bits per heavy atom. The van der Waals surface area contributed by atoms with Crippen LogP contribution in [0.5, 0.6) is 0 Å². The third-order valence-electron chi connectivity index (χ3n) is 18.4. The van der Waals surface area contributed by atoms with Gasteiger partial charge in [-0.1, -0.05) is 53.2 Å². The summed E-state index contributed by atoms with van der Waals surface area (Å²) in [6.07, 6.45) is -18.8. The van der Waals surface area contributed by atoms with Crippen LogP contribution >= 0.6 is 0 Å². The minimum Gasteiger partial charge on any atom is -0.394 e. The van der Waals surface area contributed by atoms with Crippen LogP contribution in [0.2, 0.25) is 0 Å². The molecule has 4 aliphatic carbocycles. The van der Waals surface area contributed by atoms with E-state index in [4.69, 9.17) is 28.4 Å². The third-order valence-corrected chi connectivity index (χ3v) is 18.4. The van der Waals surface area contributed by atoms with Gasteiger partial charge in [0.2, 0.25) is 0 Å². The van der Waals surface area contributed by atoms with Crippen LogP contribution in [0.15, 0.2) is 11.6 Å². The van der Waals surface area contributed by atoms with E-state index in [0.717, 1.165) is 38.5 Å². The van der Waals surface area contributed by atoms with E-state index >= 15 is 0 Å². The summed E-state index contributed by atoms with van der Waals surface area (Å²) >= 11 is 0. The molecule has 0 amide bonds. The first-order valence-corrected chi connectivity index (χ1v) is 24.0. The highest BCUT2D eigenvalue weighted by Gasteiger charge is 2.68. The lowest BCUT2D eigenvalue weighted by Gasteiger charge is -2.66. The Morgan fingerprint density at radius 2 is 1.35 bits per heavy atom. The van der Waals surface area contributed by atoms with Gasteiger partial charge in [-0.2, -0.15) is 0 Å². The minimum absolute atomic E-state index is 0.0742. The normalized spacial score (nSPS) is 50.3. The Labute approximate surface area is 387 Å². The number of fused-ring (bicyclic) bond motifs is 5. The molecule has 7 aliphatic rings. The molecule has 19 nitrogen and oxygen atoms in total. The second-order valence-electron chi connectivity index (χ2n) is 22.8. The highest BCUT2D eigenvalue weighted by molar-refractivity contribution is 5.30. The molecular weight excluding hydrogens is 868 g/mol. The van der Waals surface area contributed by atoms with Gasteiger partial charge in [0.1, 0.15) is 79.4 Å². The van der Waals surface area contributed by atoms with Gasteiger partial charge in [-0.15, -0.1) is 0 Å². The zero-order valence-corrected chi connectivity index (χ0v) is 39.6. The second-order valence-corrected chi connectivity index (χ2v) is 22.8. The SMILES string of the molecule is C[C@H]([C@H](O)[C@@H](O)[C@@H](O)C(C)(C)O)[C@H]1CC[C@@]2(C)[C@@H]3CC=C4[C@@H](CC[C@H](O[C@@H]5O[C@H](CO[C@@H]6O[C@H](CO)[C@@H](O)[C@H](O)[C@H]6O)[C@@H](O[C@@H]6OC[C@@H](O)[C@H](O)[C@H]6O)[C@H](O)[C@H]5O)C4(C)C)[C@]3(C)CC[C@]12C. The van der Waals surface area contributed by atoms with Gasteiger partial charge in [-0.3, -0.25) is 0 Å². The van der Waals surface area contributed by atoms with Crippen LogP contribution in [0.1, 0.15) is 100 Å². The van der Waals surface area contributed by atoms with Crippen molar-refractivity contribution in [1.29, 1.82) is 0 Å². The van der Waals surface area contributed by atoms with E-state index in [9.17, 15) is 66.4 Å². The highest BCUT2D eigenvalue weighted by atomic mass is 16.8. The Bertz CT molecular complexity index is 1690. The van der Waals surface area contributed by atoms with Gasteiger partial charge in [0.25, 0.3) is 0 Å². The van der Waals surface area contributed by atoms with Crippen molar-refractivity contribution >= 4 is 0 Å². The van der Waals surface area contributed by atoms with Gasteiger partial charge < -0.3 is 94.8 Å². The maximum Gasteiger partial charge on any atom is 0.187 e. The molecule has 0 unspecified atom stereocenters. The maximum atomic E-state index is 11.7. The molecule has 7 rings (SSSR count). The summed E-state index contributed by atoms with van der Waals surface area (Å²) in [5.41, 5.74) is -1.27. The molecule has 3 saturated heterocycles. The number of rotatable bonds is 13. The fraction of sp³-hybridized carbons (Fsp3) is 0.957. The Morgan fingerprint density at radius 3 is 2.00 bits per heavy atom. The van der Waals surface area contributed by atoms with Gasteiger partial charge in [0.15, 0.2) is 18.9 Å². The largest absolute Gasteiger partial charge is 0.394 e. The monoisotopic (exact) mass is 949 g/mol. The molecule has 382 valence electrons.